The van der Waals surface area contributed by atoms with Gasteiger partial charge in [-0.15, -0.1) is 0 Å². The summed E-state index contributed by atoms with van der Waals surface area (Å²) in [5.74, 6) is 0.221. The van der Waals surface area contributed by atoms with Gasteiger partial charge in [-0.2, -0.15) is 4.98 Å². The summed E-state index contributed by atoms with van der Waals surface area (Å²) in [6, 6.07) is 12.9. The number of rotatable bonds is 5. The molecule has 0 unspecified atom stereocenters. The highest BCUT2D eigenvalue weighted by Crippen LogP contribution is 2.39. The number of carbonyl (C=O) groups is 2. The number of ether oxygens (including phenoxy) is 1. The SMILES string of the molecule is Cc1cccnc1C(=O)N[C@H]1C[C@H](C(=O)N2CCOCC2)C[C@H]1c1nc(-c2ccccc2)no1. The largest absolute Gasteiger partial charge is 0.378 e. The van der Waals surface area contributed by atoms with E-state index in [1.807, 2.05) is 48.2 Å². The fraction of sp³-hybridized carbons (Fsp3) is 0.400. The molecule has 1 aromatic carbocycles. The fourth-order valence-electron chi connectivity index (χ4n) is 4.76. The first kappa shape index (κ1) is 22.2. The normalized spacial score (nSPS) is 22.5. The van der Waals surface area contributed by atoms with Gasteiger partial charge < -0.3 is 19.5 Å². The molecule has 3 atom stereocenters. The summed E-state index contributed by atoms with van der Waals surface area (Å²) in [6.45, 7) is 4.12. The zero-order valence-corrected chi connectivity index (χ0v) is 19.0. The number of carbonyl (C=O) groups excluding carboxylic acids is 2. The Balaban J connectivity index is 1.39. The number of amides is 2. The molecule has 1 N–H and O–H groups in total. The predicted octanol–water partition coefficient (Wildman–Crippen LogP) is 2.59. The lowest BCUT2D eigenvalue weighted by molar-refractivity contribution is -0.139. The molecule has 0 spiro atoms. The van der Waals surface area contributed by atoms with Crippen LogP contribution in [-0.2, 0) is 9.53 Å². The van der Waals surface area contributed by atoms with Crippen LogP contribution < -0.4 is 5.32 Å². The van der Waals surface area contributed by atoms with Crippen molar-refractivity contribution in [1.82, 2.24) is 25.3 Å². The Morgan fingerprint density at radius 2 is 1.85 bits per heavy atom. The molecule has 0 bridgehead atoms. The van der Waals surface area contributed by atoms with E-state index in [2.05, 4.69) is 20.4 Å². The molecule has 1 saturated carbocycles. The van der Waals surface area contributed by atoms with E-state index in [4.69, 9.17) is 9.26 Å². The number of aromatic nitrogens is 3. The number of hydrogen-bond donors (Lipinski definition) is 1. The van der Waals surface area contributed by atoms with Crippen LogP contribution in [0.4, 0.5) is 0 Å². The summed E-state index contributed by atoms with van der Waals surface area (Å²) in [5, 5.41) is 7.25. The second kappa shape index (κ2) is 9.72. The van der Waals surface area contributed by atoms with E-state index in [1.165, 1.54) is 0 Å². The first-order valence-corrected chi connectivity index (χ1v) is 11.6. The molecule has 0 radical (unpaired) electrons. The van der Waals surface area contributed by atoms with Crippen molar-refractivity contribution in [2.45, 2.75) is 31.7 Å². The third-order valence-corrected chi connectivity index (χ3v) is 6.57. The summed E-state index contributed by atoms with van der Waals surface area (Å²) in [7, 11) is 0. The van der Waals surface area contributed by atoms with Gasteiger partial charge in [-0.25, -0.2) is 0 Å². The van der Waals surface area contributed by atoms with Crippen molar-refractivity contribution in [2.75, 3.05) is 26.3 Å². The van der Waals surface area contributed by atoms with Crippen LogP contribution >= 0.6 is 0 Å². The van der Waals surface area contributed by atoms with Crippen molar-refractivity contribution in [2.24, 2.45) is 5.92 Å². The van der Waals surface area contributed by atoms with Crippen LogP contribution in [0.1, 0.15) is 40.7 Å². The maximum absolute atomic E-state index is 13.2. The quantitative estimate of drug-likeness (QED) is 0.622. The molecule has 9 nitrogen and oxygen atoms in total. The van der Waals surface area contributed by atoms with Gasteiger partial charge in [-0.3, -0.25) is 14.6 Å². The number of pyridine rings is 1. The zero-order chi connectivity index (χ0) is 23.5. The van der Waals surface area contributed by atoms with Crippen molar-refractivity contribution >= 4 is 11.8 Å². The minimum Gasteiger partial charge on any atom is -0.378 e. The van der Waals surface area contributed by atoms with Crippen molar-refractivity contribution in [3.05, 3.63) is 65.8 Å². The van der Waals surface area contributed by atoms with Gasteiger partial charge in [0.1, 0.15) is 5.69 Å². The minimum atomic E-state index is -0.326. The highest BCUT2D eigenvalue weighted by atomic mass is 16.5. The lowest BCUT2D eigenvalue weighted by Crippen LogP contribution is -2.43. The summed E-state index contributed by atoms with van der Waals surface area (Å²) < 4.78 is 11.0. The van der Waals surface area contributed by atoms with Gasteiger partial charge in [-0.05, 0) is 31.4 Å². The van der Waals surface area contributed by atoms with Crippen LogP contribution in [0.5, 0.6) is 0 Å². The van der Waals surface area contributed by atoms with Crippen LogP contribution in [-0.4, -0.2) is 64.2 Å². The second-order valence-corrected chi connectivity index (χ2v) is 8.78. The first-order valence-electron chi connectivity index (χ1n) is 11.6. The Morgan fingerprint density at radius 1 is 1.06 bits per heavy atom. The van der Waals surface area contributed by atoms with Gasteiger partial charge in [0.05, 0.1) is 19.1 Å². The van der Waals surface area contributed by atoms with Gasteiger partial charge in [0.2, 0.25) is 17.6 Å². The number of aryl methyl sites for hydroxylation is 1. The molecule has 2 aromatic heterocycles. The number of nitrogens with zero attached hydrogens (tertiary/aromatic N) is 4. The average molecular weight is 462 g/mol. The van der Waals surface area contributed by atoms with Crippen LogP contribution in [0.25, 0.3) is 11.4 Å². The Hall–Kier alpha value is -3.59. The Bertz CT molecular complexity index is 1160. The molecule has 2 amide bonds. The second-order valence-electron chi connectivity index (χ2n) is 8.78. The van der Waals surface area contributed by atoms with Crippen LogP contribution in [0.15, 0.2) is 53.2 Å². The third-order valence-electron chi connectivity index (χ3n) is 6.57. The van der Waals surface area contributed by atoms with E-state index in [1.54, 1.807) is 12.3 Å². The molecule has 1 aliphatic heterocycles. The first-order chi connectivity index (χ1) is 16.6. The lowest BCUT2D eigenvalue weighted by atomic mass is 10.0. The van der Waals surface area contributed by atoms with Crippen LogP contribution in [0, 0.1) is 12.8 Å². The topological polar surface area (TPSA) is 110 Å². The van der Waals surface area contributed by atoms with Crippen molar-refractivity contribution in [3.63, 3.8) is 0 Å². The molecule has 9 heteroatoms. The van der Waals surface area contributed by atoms with Gasteiger partial charge in [-0.1, -0.05) is 41.6 Å². The predicted molar refractivity (Wildman–Crippen MR) is 123 cm³/mol. The highest BCUT2D eigenvalue weighted by Gasteiger charge is 2.44. The monoisotopic (exact) mass is 461 g/mol. The highest BCUT2D eigenvalue weighted by molar-refractivity contribution is 5.94. The van der Waals surface area contributed by atoms with E-state index >= 15 is 0 Å². The molecule has 1 aliphatic carbocycles. The van der Waals surface area contributed by atoms with E-state index in [-0.39, 0.29) is 29.7 Å². The molecule has 5 rings (SSSR count). The maximum atomic E-state index is 13.2. The van der Waals surface area contributed by atoms with Gasteiger partial charge >= 0.3 is 0 Å². The Morgan fingerprint density at radius 3 is 2.62 bits per heavy atom. The smallest absolute Gasteiger partial charge is 0.270 e. The van der Waals surface area contributed by atoms with E-state index in [9.17, 15) is 9.59 Å². The molecule has 3 heterocycles. The molecule has 2 aliphatic rings. The molecule has 3 aromatic rings. The van der Waals surface area contributed by atoms with Crippen LogP contribution in [0.2, 0.25) is 0 Å². The summed E-state index contributed by atoms with van der Waals surface area (Å²) >= 11 is 0. The number of benzene rings is 1. The molecule has 176 valence electrons. The molecular formula is C25H27N5O4. The lowest BCUT2D eigenvalue weighted by Gasteiger charge is -2.29. The minimum absolute atomic E-state index is 0.0851. The number of hydrogen-bond acceptors (Lipinski definition) is 7. The molecular weight excluding hydrogens is 434 g/mol. The Labute approximate surface area is 197 Å². The zero-order valence-electron chi connectivity index (χ0n) is 19.0. The summed E-state index contributed by atoms with van der Waals surface area (Å²) in [4.78, 5) is 37.0. The van der Waals surface area contributed by atoms with Crippen molar-refractivity contribution in [3.8, 4) is 11.4 Å². The Kier molecular flexibility index (Phi) is 6.35. The molecule has 1 saturated heterocycles. The van der Waals surface area contributed by atoms with Crippen molar-refractivity contribution < 1.29 is 18.8 Å². The third kappa shape index (κ3) is 4.56. The van der Waals surface area contributed by atoms with E-state index in [0.717, 1.165) is 11.1 Å². The fourth-order valence-corrected chi connectivity index (χ4v) is 4.76. The van der Waals surface area contributed by atoms with Gasteiger partial charge in [0.15, 0.2) is 0 Å². The van der Waals surface area contributed by atoms with E-state index < -0.39 is 0 Å². The average Bonchev–Trinajstić information content (AvgIpc) is 3.52. The number of morpholine rings is 1. The molecule has 2 fully saturated rings. The maximum Gasteiger partial charge on any atom is 0.270 e. The van der Waals surface area contributed by atoms with Crippen LogP contribution in [0.3, 0.4) is 0 Å². The van der Waals surface area contributed by atoms with Gasteiger partial charge in [0, 0.05) is 36.8 Å². The van der Waals surface area contributed by atoms with E-state index in [0.29, 0.717) is 56.6 Å². The van der Waals surface area contributed by atoms with Crippen molar-refractivity contribution in [1.29, 1.82) is 0 Å². The molecule has 34 heavy (non-hydrogen) atoms. The van der Waals surface area contributed by atoms with Gasteiger partial charge in [0.25, 0.3) is 5.91 Å². The number of nitrogens with one attached hydrogen (secondary N) is 1. The standard InChI is InChI=1S/C25H27N5O4/c1-16-6-5-9-26-21(16)23(31)27-20-15-18(25(32)30-10-12-33-13-11-30)14-19(20)24-28-22(29-34-24)17-7-3-2-4-8-17/h2-9,18-20H,10-15H2,1H3,(H,27,31)/t18-,19-,20+/m1/s1. The summed E-state index contributed by atoms with van der Waals surface area (Å²) in [6.07, 6.45) is 2.63. The summed E-state index contributed by atoms with van der Waals surface area (Å²) in [5.41, 5.74) is 2.01.